The van der Waals surface area contributed by atoms with Crippen LogP contribution in [-0.4, -0.2) is 14.9 Å². The lowest BCUT2D eigenvalue weighted by molar-refractivity contribution is 0.464. The Balaban J connectivity index is 2.48. The first-order valence-corrected chi connectivity index (χ1v) is 5.85. The van der Waals surface area contributed by atoms with Crippen molar-refractivity contribution in [2.24, 2.45) is 0 Å². The van der Waals surface area contributed by atoms with Gasteiger partial charge in [0, 0.05) is 11.8 Å². The molecule has 3 heteroatoms. The van der Waals surface area contributed by atoms with E-state index in [9.17, 15) is 5.11 Å². The van der Waals surface area contributed by atoms with Crippen molar-refractivity contribution in [3.05, 3.63) is 41.2 Å². The fraction of sp³-hybridized carbons (Fsp3) is 0.357. The molecule has 0 saturated carbocycles. The lowest BCUT2D eigenvalue weighted by atomic mass is 10.0. The van der Waals surface area contributed by atoms with Crippen molar-refractivity contribution in [2.75, 3.05) is 0 Å². The Bertz CT molecular complexity index is 541. The second-order valence-corrected chi connectivity index (χ2v) is 4.72. The number of hydrogen-bond donors (Lipinski definition) is 1. The highest BCUT2D eigenvalue weighted by atomic mass is 16.3. The van der Waals surface area contributed by atoms with Crippen molar-refractivity contribution in [1.29, 1.82) is 0 Å². The molecule has 0 radical (unpaired) electrons. The molecule has 0 aliphatic rings. The largest absolute Gasteiger partial charge is 0.508 e. The minimum Gasteiger partial charge on any atom is -0.508 e. The molecule has 0 spiro atoms. The fourth-order valence-electron chi connectivity index (χ4n) is 1.90. The Hall–Kier alpha value is -1.77. The first kappa shape index (κ1) is 11.7. The van der Waals surface area contributed by atoms with Gasteiger partial charge in [-0.15, -0.1) is 0 Å². The molecule has 0 unspecified atom stereocenters. The highest BCUT2D eigenvalue weighted by Crippen LogP contribution is 2.28. The van der Waals surface area contributed by atoms with Gasteiger partial charge in [-0.05, 0) is 37.0 Å². The zero-order valence-electron chi connectivity index (χ0n) is 10.7. The number of aryl methyl sites for hydroxylation is 1. The Morgan fingerprint density at radius 1 is 1.24 bits per heavy atom. The lowest BCUT2D eigenvalue weighted by Crippen LogP contribution is -2.00. The second-order valence-electron chi connectivity index (χ2n) is 4.72. The van der Waals surface area contributed by atoms with Crippen molar-refractivity contribution in [2.45, 2.75) is 33.6 Å². The monoisotopic (exact) mass is 230 g/mol. The molecule has 1 N–H and O–H groups in total. The minimum atomic E-state index is 0.324. The summed E-state index contributed by atoms with van der Waals surface area (Å²) in [5.74, 6) is 0.662. The van der Waals surface area contributed by atoms with Gasteiger partial charge in [0.2, 0.25) is 0 Å². The highest BCUT2D eigenvalue weighted by molar-refractivity contribution is 5.46. The van der Waals surface area contributed by atoms with Crippen LogP contribution in [0.2, 0.25) is 0 Å². The standard InChI is InChI=1S/C14H18N2O/c1-9(2)13-6-5-12(7-14(13)17)16-11(4)10(3)8-15-16/h5-9,17H,1-4H3. The zero-order chi connectivity index (χ0) is 12.6. The molecule has 2 rings (SSSR count). The summed E-state index contributed by atoms with van der Waals surface area (Å²) in [6, 6.07) is 5.73. The summed E-state index contributed by atoms with van der Waals surface area (Å²) in [4.78, 5) is 0. The van der Waals surface area contributed by atoms with E-state index in [0.29, 0.717) is 11.7 Å². The van der Waals surface area contributed by atoms with E-state index in [1.54, 1.807) is 6.07 Å². The van der Waals surface area contributed by atoms with E-state index in [1.807, 2.05) is 36.9 Å². The van der Waals surface area contributed by atoms with E-state index in [0.717, 1.165) is 22.5 Å². The van der Waals surface area contributed by atoms with Gasteiger partial charge in [0.15, 0.2) is 0 Å². The average molecular weight is 230 g/mol. The number of phenolic OH excluding ortho intramolecular Hbond substituents is 1. The van der Waals surface area contributed by atoms with Crippen LogP contribution in [-0.2, 0) is 0 Å². The molecule has 0 aliphatic heterocycles. The molecular weight excluding hydrogens is 212 g/mol. The van der Waals surface area contributed by atoms with Crippen LogP contribution in [0.15, 0.2) is 24.4 Å². The van der Waals surface area contributed by atoms with Crippen LogP contribution in [0.5, 0.6) is 5.75 Å². The first-order valence-electron chi connectivity index (χ1n) is 5.85. The number of phenols is 1. The van der Waals surface area contributed by atoms with Crippen LogP contribution in [0, 0.1) is 13.8 Å². The van der Waals surface area contributed by atoms with Gasteiger partial charge in [-0.25, -0.2) is 4.68 Å². The number of nitrogens with zero attached hydrogens (tertiary/aromatic N) is 2. The number of hydrogen-bond acceptors (Lipinski definition) is 2. The van der Waals surface area contributed by atoms with Gasteiger partial charge < -0.3 is 5.11 Å². The maximum Gasteiger partial charge on any atom is 0.121 e. The van der Waals surface area contributed by atoms with Crippen molar-refractivity contribution >= 4 is 0 Å². The molecule has 3 nitrogen and oxygen atoms in total. The average Bonchev–Trinajstić information content (AvgIpc) is 2.59. The first-order chi connectivity index (χ1) is 8.00. The van der Waals surface area contributed by atoms with Crippen molar-refractivity contribution in [3.8, 4) is 11.4 Å². The summed E-state index contributed by atoms with van der Waals surface area (Å²) < 4.78 is 1.85. The summed E-state index contributed by atoms with van der Waals surface area (Å²) >= 11 is 0. The van der Waals surface area contributed by atoms with Gasteiger partial charge >= 0.3 is 0 Å². The molecule has 0 aliphatic carbocycles. The zero-order valence-corrected chi connectivity index (χ0v) is 10.7. The molecule has 90 valence electrons. The van der Waals surface area contributed by atoms with E-state index >= 15 is 0 Å². The van der Waals surface area contributed by atoms with Crippen LogP contribution >= 0.6 is 0 Å². The van der Waals surface area contributed by atoms with Crippen LogP contribution in [0.1, 0.15) is 36.6 Å². The number of aromatic hydroxyl groups is 1. The molecule has 0 fully saturated rings. The molecular formula is C14H18N2O. The van der Waals surface area contributed by atoms with Crippen molar-refractivity contribution in [1.82, 2.24) is 9.78 Å². The van der Waals surface area contributed by atoms with Crippen LogP contribution in [0.3, 0.4) is 0 Å². The van der Waals surface area contributed by atoms with Crippen LogP contribution < -0.4 is 0 Å². The molecule has 0 bridgehead atoms. The van der Waals surface area contributed by atoms with Gasteiger partial charge in [-0.3, -0.25) is 0 Å². The van der Waals surface area contributed by atoms with Crippen LogP contribution in [0.4, 0.5) is 0 Å². The number of benzene rings is 1. The van der Waals surface area contributed by atoms with E-state index in [-0.39, 0.29) is 0 Å². The predicted molar refractivity (Wildman–Crippen MR) is 68.8 cm³/mol. The quantitative estimate of drug-likeness (QED) is 0.859. The number of aromatic nitrogens is 2. The molecule has 17 heavy (non-hydrogen) atoms. The van der Waals surface area contributed by atoms with Gasteiger partial charge in [0.25, 0.3) is 0 Å². The molecule has 0 atom stereocenters. The van der Waals surface area contributed by atoms with E-state index in [1.165, 1.54) is 0 Å². The van der Waals surface area contributed by atoms with Gasteiger partial charge in [-0.2, -0.15) is 5.10 Å². The van der Waals surface area contributed by atoms with Crippen LogP contribution in [0.25, 0.3) is 5.69 Å². The van der Waals surface area contributed by atoms with E-state index in [4.69, 9.17) is 0 Å². The van der Waals surface area contributed by atoms with Gasteiger partial charge in [-0.1, -0.05) is 19.9 Å². The molecule has 1 heterocycles. The SMILES string of the molecule is Cc1cnn(-c2ccc(C(C)C)c(O)c2)c1C. The predicted octanol–water partition coefficient (Wildman–Crippen LogP) is 3.32. The summed E-state index contributed by atoms with van der Waals surface area (Å²) in [5.41, 5.74) is 4.12. The van der Waals surface area contributed by atoms with Gasteiger partial charge in [0.1, 0.15) is 5.75 Å². The molecule has 0 amide bonds. The summed E-state index contributed by atoms with van der Waals surface area (Å²) in [7, 11) is 0. The summed E-state index contributed by atoms with van der Waals surface area (Å²) in [5, 5.41) is 14.3. The molecule has 1 aromatic carbocycles. The normalized spacial score (nSPS) is 11.1. The summed E-state index contributed by atoms with van der Waals surface area (Å²) in [6.45, 7) is 8.19. The Morgan fingerprint density at radius 2 is 1.94 bits per heavy atom. The van der Waals surface area contributed by atoms with Crippen molar-refractivity contribution in [3.63, 3.8) is 0 Å². The second kappa shape index (κ2) is 4.24. The van der Waals surface area contributed by atoms with E-state index in [2.05, 4.69) is 18.9 Å². The Morgan fingerprint density at radius 3 is 2.41 bits per heavy atom. The Kier molecular flexibility index (Phi) is 2.92. The molecule has 1 aromatic heterocycles. The minimum absolute atomic E-state index is 0.324. The fourth-order valence-corrected chi connectivity index (χ4v) is 1.90. The topological polar surface area (TPSA) is 38.0 Å². The lowest BCUT2D eigenvalue weighted by Gasteiger charge is -2.11. The summed E-state index contributed by atoms with van der Waals surface area (Å²) in [6.07, 6.45) is 1.84. The number of rotatable bonds is 2. The third kappa shape index (κ3) is 2.05. The third-order valence-electron chi connectivity index (χ3n) is 3.14. The molecule has 2 aromatic rings. The molecule has 0 saturated heterocycles. The Labute approximate surface area is 102 Å². The van der Waals surface area contributed by atoms with Gasteiger partial charge in [0.05, 0.1) is 11.9 Å². The van der Waals surface area contributed by atoms with E-state index < -0.39 is 0 Å². The smallest absolute Gasteiger partial charge is 0.121 e. The third-order valence-corrected chi connectivity index (χ3v) is 3.14. The maximum atomic E-state index is 9.98. The van der Waals surface area contributed by atoms with Crippen molar-refractivity contribution < 1.29 is 5.11 Å². The highest BCUT2D eigenvalue weighted by Gasteiger charge is 2.09. The maximum absolute atomic E-state index is 9.98.